The number of carbonyl (C=O) groups excluding carboxylic acids is 1. The smallest absolute Gasteiger partial charge is 0.332 e. The number of hydrogen-bond donors (Lipinski definition) is 5. The Balaban J connectivity index is 4.75. The van der Waals surface area contributed by atoms with Crippen molar-refractivity contribution in [1.82, 2.24) is 0 Å². The van der Waals surface area contributed by atoms with Gasteiger partial charge in [-0.05, 0) is 6.92 Å². The molecule has 8 heteroatoms. The Morgan fingerprint density at radius 1 is 1.35 bits per heavy atom. The molecule has 0 unspecified atom stereocenters. The lowest BCUT2D eigenvalue weighted by molar-refractivity contribution is -0.178. The van der Waals surface area contributed by atoms with Gasteiger partial charge in [-0.1, -0.05) is 0 Å². The molecule has 0 radical (unpaired) electrons. The molecule has 0 aromatic heterocycles. The molecular weight excluding hydrogens is 236 g/mol. The molecule has 0 bridgehead atoms. The topological polar surface area (TPSA) is 145 Å². The molecule has 0 heterocycles. The first kappa shape index (κ1) is 15.9. The minimum Gasteiger partial charge on any atom is -0.479 e. The number of aliphatic hydroxyl groups excluding tert-OH is 4. The minimum absolute atomic E-state index is 0.0343. The second-order valence-corrected chi connectivity index (χ2v) is 3.45. The SMILES string of the molecule is C[C@@H](O[C@@H]([C@@H](O)[C@H](O)CO)[C@@H](O)C=O)C(=O)O. The minimum atomic E-state index is -1.81. The number of hydrogen-bond acceptors (Lipinski definition) is 7. The van der Waals surface area contributed by atoms with Crippen molar-refractivity contribution >= 4 is 12.3 Å². The average Bonchev–Trinajstić information content (AvgIpc) is 2.32. The van der Waals surface area contributed by atoms with Crippen LogP contribution in [0.1, 0.15) is 6.92 Å². The van der Waals surface area contributed by atoms with Gasteiger partial charge in [0.05, 0.1) is 6.61 Å². The lowest BCUT2D eigenvalue weighted by Gasteiger charge is -2.28. The maximum atomic E-state index is 10.5. The van der Waals surface area contributed by atoms with E-state index in [1.807, 2.05) is 0 Å². The molecule has 0 spiro atoms. The summed E-state index contributed by atoms with van der Waals surface area (Å²) < 4.78 is 4.75. The molecule has 0 aliphatic carbocycles. The predicted octanol–water partition coefficient (Wildman–Crippen LogP) is -2.88. The molecule has 0 saturated heterocycles. The van der Waals surface area contributed by atoms with E-state index in [4.69, 9.17) is 20.1 Å². The number of aliphatic hydroxyl groups is 4. The Hall–Kier alpha value is -1.06. The van der Waals surface area contributed by atoms with Crippen LogP contribution in [0.3, 0.4) is 0 Å². The zero-order valence-electron chi connectivity index (χ0n) is 9.13. The van der Waals surface area contributed by atoms with Gasteiger partial charge in [0.15, 0.2) is 12.4 Å². The lowest BCUT2D eigenvalue weighted by atomic mass is 10.0. The van der Waals surface area contributed by atoms with Gasteiger partial charge in [-0.3, -0.25) is 0 Å². The van der Waals surface area contributed by atoms with Crippen molar-refractivity contribution in [3.05, 3.63) is 0 Å². The molecule has 0 rings (SSSR count). The molecule has 0 aliphatic rings. The number of carbonyl (C=O) groups is 2. The van der Waals surface area contributed by atoms with E-state index >= 15 is 0 Å². The normalized spacial score (nSPS) is 20.1. The Labute approximate surface area is 97.1 Å². The molecule has 0 saturated carbocycles. The number of carboxylic acids is 1. The van der Waals surface area contributed by atoms with E-state index in [-0.39, 0.29) is 6.29 Å². The Bertz CT molecular complexity index is 255. The van der Waals surface area contributed by atoms with Crippen LogP contribution in [0.15, 0.2) is 0 Å². The van der Waals surface area contributed by atoms with Gasteiger partial charge in [0.25, 0.3) is 0 Å². The Kier molecular flexibility index (Phi) is 6.85. The van der Waals surface area contributed by atoms with Gasteiger partial charge in [0.2, 0.25) is 0 Å². The summed E-state index contributed by atoms with van der Waals surface area (Å²) in [7, 11) is 0. The molecule has 100 valence electrons. The highest BCUT2D eigenvalue weighted by Crippen LogP contribution is 2.11. The van der Waals surface area contributed by atoms with Crippen LogP contribution in [0.5, 0.6) is 0 Å². The van der Waals surface area contributed by atoms with Crippen LogP contribution >= 0.6 is 0 Å². The quantitative estimate of drug-likeness (QED) is 0.290. The summed E-state index contributed by atoms with van der Waals surface area (Å²) in [4.78, 5) is 20.9. The summed E-state index contributed by atoms with van der Waals surface area (Å²) in [6, 6.07) is 0. The van der Waals surface area contributed by atoms with Crippen molar-refractivity contribution in [2.24, 2.45) is 0 Å². The van der Waals surface area contributed by atoms with Crippen LogP contribution in [-0.4, -0.2) is 74.9 Å². The fourth-order valence-corrected chi connectivity index (χ4v) is 1.06. The van der Waals surface area contributed by atoms with E-state index in [1.54, 1.807) is 0 Å². The van der Waals surface area contributed by atoms with Gasteiger partial charge in [-0.15, -0.1) is 0 Å². The number of aliphatic carboxylic acids is 1. The third kappa shape index (κ3) is 4.75. The third-order valence-corrected chi connectivity index (χ3v) is 2.10. The number of carboxylic acid groups (broad SMARTS) is 1. The molecule has 0 amide bonds. The summed E-state index contributed by atoms with van der Waals surface area (Å²) in [5.41, 5.74) is 0. The van der Waals surface area contributed by atoms with Crippen molar-refractivity contribution in [2.75, 3.05) is 6.61 Å². The monoisotopic (exact) mass is 252 g/mol. The highest BCUT2D eigenvalue weighted by molar-refractivity contribution is 5.71. The number of ether oxygens (including phenoxy) is 1. The molecule has 0 aromatic rings. The van der Waals surface area contributed by atoms with Crippen molar-refractivity contribution in [3.8, 4) is 0 Å². The van der Waals surface area contributed by atoms with Gasteiger partial charge < -0.3 is 35.1 Å². The van der Waals surface area contributed by atoms with Gasteiger partial charge in [-0.25, -0.2) is 4.79 Å². The lowest BCUT2D eigenvalue weighted by Crippen LogP contribution is -2.50. The second-order valence-electron chi connectivity index (χ2n) is 3.45. The molecule has 5 N–H and O–H groups in total. The van der Waals surface area contributed by atoms with Crippen molar-refractivity contribution in [1.29, 1.82) is 0 Å². The highest BCUT2D eigenvalue weighted by Gasteiger charge is 2.35. The van der Waals surface area contributed by atoms with E-state index in [1.165, 1.54) is 0 Å². The fraction of sp³-hybridized carbons (Fsp3) is 0.778. The first-order valence-corrected chi connectivity index (χ1v) is 4.83. The standard InChI is InChI=1S/C9H16O8/c1-4(9(15)16)17-8(6(13)3-11)7(14)5(12)2-10/h3-8,10,12-14H,2H2,1H3,(H,15,16)/t4-,5-,6+,7+,8-/m1/s1. The largest absolute Gasteiger partial charge is 0.479 e. The van der Waals surface area contributed by atoms with Crippen LogP contribution in [0, 0.1) is 0 Å². The Morgan fingerprint density at radius 2 is 1.88 bits per heavy atom. The third-order valence-electron chi connectivity index (χ3n) is 2.10. The zero-order valence-corrected chi connectivity index (χ0v) is 9.13. The molecule has 17 heavy (non-hydrogen) atoms. The first-order chi connectivity index (χ1) is 7.84. The molecule has 8 nitrogen and oxygen atoms in total. The van der Waals surface area contributed by atoms with Crippen molar-refractivity contribution in [2.45, 2.75) is 37.4 Å². The summed E-state index contributed by atoms with van der Waals surface area (Å²) in [6.07, 6.45) is -8.26. The van der Waals surface area contributed by atoms with Crippen LogP contribution in [0.25, 0.3) is 0 Å². The summed E-state index contributed by atoms with van der Waals surface area (Å²) in [6.45, 7) is 0.305. The molecular formula is C9H16O8. The van der Waals surface area contributed by atoms with E-state index in [0.29, 0.717) is 0 Å². The molecule has 0 fully saturated rings. The summed E-state index contributed by atoms with van der Waals surface area (Å²) in [5, 5.41) is 45.0. The van der Waals surface area contributed by atoms with Crippen LogP contribution < -0.4 is 0 Å². The first-order valence-electron chi connectivity index (χ1n) is 4.83. The summed E-state index contributed by atoms with van der Waals surface area (Å²) >= 11 is 0. The van der Waals surface area contributed by atoms with Gasteiger partial charge in [0.1, 0.15) is 24.4 Å². The maximum Gasteiger partial charge on any atom is 0.332 e. The zero-order chi connectivity index (χ0) is 13.6. The van der Waals surface area contributed by atoms with E-state index in [2.05, 4.69) is 0 Å². The van der Waals surface area contributed by atoms with Crippen molar-refractivity contribution in [3.63, 3.8) is 0 Å². The second kappa shape index (κ2) is 7.30. The van der Waals surface area contributed by atoms with Gasteiger partial charge in [-0.2, -0.15) is 0 Å². The maximum absolute atomic E-state index is 10.5. The van der Waals surface area contributed by atoms with Crippen LogP contribution in [0.2, 0.25) is 0 Å². The number of rotatable bonds is 8. The van der Waals surface area contributed by atoms with E-state index < -0.39 is 43.1 Å². The van der Waals surface area contributed by atoms with E-state index in [9.17, 15) is 19.8 Å². The van der Waals surface area contributed by atoms with Crippen molar-refractivity contribution < 1.29 is 39.9 Å². The predicted molar refractivity (Wildman–Crippen MR) is 53.1 cm³/mol. The molecule has 0 aromatic carbocycles. The highest BCUT2D eigenvalue weighted by atomic mass is 16.5. The van der Waals surface area contributed by atoms with Gasteiger partial charge >= 0.3 is 5.97 Å². The fourth-order valence-electron chi connectivity index (χ4n) is 1.06. The van der Waals surface area contributed by atoms with Crippen LogP contribution in [-0.2, 0) is 14.3 Å². The summed E-state index contributed by atoms with van der Waals surface area (Å²) in [5.74, 6) is -1.36. The molecule has 5 atom stereocenters. The van der Waals surface area contributed by atoms with Gasteiger partial charge in [0, 0.05) is 0 Å². The van der Waals surface area contributed by atoms with E-state index in [0.717, 1.165) is 6.92 Å². The average molecular weight is 252 g/mol. The van der Waals surface area contributed by atoms with Crippen LogP contribution in [0.4, 0.5) is 0 Å². The molecule has 0 aliphatic heterocycles. The Morgan fingerprint density at radius 3 is 2.24 bits per heavy atom. The number of aldehydes is 1.